The average molecular weight is 225 g/mol. The van der Waals surface area contributed by atoms with Crippen LogP contribution in [0.2, 0.25) is 0 Å². The maximum Gasteiger partial charge on any atom is 0.00105 e. The molecule has 0 spiro atoms. The fourth-order valence-electron chi connectivity index (χ4n) is 1.84. The van der Waals surface area contributed by atoms with Crippen LogP contribution in [0.15, 0.2) is 12.2 Å². The molecule has 0 aliphatic rings. The Morgan fingerprint density at radius 2 is 1.88 bits per heavy atom. The Balaban J connectivity index is 3.47. The van der Waals surface area contributed by atoms with E-state index in [-0.39, 0.29) is 0 Å². The van der Waals surface area contributed by atoms with Crippen LogP contribution in [0, 0.1) is 5.92 Å². The van der Waals surface area contributed by atoms with Crippen LogP contribution in [0.1, 0.15) is 66.2 Å². The van der Waals surface area contributed by atoms with Crippen molar-refractivity contribution in [1.82, 2.24) is 5.32 Å². The molecular weight excluding hydrogens is 194 g/mol. The zero-order valence-corrected chi connectivity index (χ0v) is 11.8. The summed E-state index contributed by atoms with van der Waals surface area (Å²) in [6, 6.07) is 0.612. The highest BCUT2D eigenvalue weighted by atomic mass is 14.9. The van der Waals surface area contributed by atoms with Crippen LogP contribution in [-0.4, -0.2) is 12.6 Å². The molecule has 0 aromatic rings. The van der Waals surface area contributed by atoms with Crippen molar-refractivity contribution < 1.29 is 0 Å². The zero-order chi connectivity index (χ0) is 12.2. The normalized spacial score (nSPS) is 13.8. The van der Waals surface area contributed by atoms with Gasteiger partial charge in [-0.2, -0.15) is 0 Å². The number of rotatable bonds is 10. The fourth-order valence-corrected chi connectivity index (χ4v) is 1.84. The maximum atomic E-state index is 3.43. The Bertz CT molecular complexity index is 161. The number of nitrogens with one attached hydrogen (secondary N) is 1. The van der Waals surface area contributed by atoms with Gasteiger partial charge in [0.25, 0.3) is 0 Å². The van der Waals surface area contributed by atoms with Gasteiger partial charge in [0.05, 0.1) is 0 Å². The molecule has 1 heteroatoms. The van der Waals surface area contributed by atoms with Gasteiger partial charge in [-0.25, -0.2) is 0 Å². The van der Waals surface area contributed by atoms with Crippen LogP contribution in [0.3, 0.4) is 0 Å². The number of allylic oxidation sites excluding steroid dienone is 1. The quantitative estimate of drug-likeness (QED) is 0.425. The number of unbranched alkanes of at least 4 members (excludes halogenated alkanes) is 1. The second kappa shape index (κ2) is 11.2. The lowest BCUT2D eigenvalue weighted by Crippen LogP contribution is -2.23. The van der Waals surface area contributed by atoms with Crippen molar-refractivity contribution in [2.24, 2.45) is 5.92 Å². The Morgan fingerprint density at radius 3 is 2.44 bits per heavy atom. The molecule has 1 nitrogen and oxygen atoms in total. The summed E-state index contributed by atoms with van der Waals surface area (Å²) in [5.41, 5.74) is 0. The highest BCUT2D eigenvalue weighted by Crippen LogP contribution is 2.16. The highest BCUT2D eigenvalue weighted by molar-refractivity contribution is 4.84. The van der Waals surface area contributed by atoms with Gasteiger partial charge >= 0.3 is 0 Å². The van der Waals surface area contributed by atoms with Crippen LogP contribution in [0.25, 0.3) is 0 Å². The molecule has 1 unspecified atom stereocenters. The van der Waals surface area contributed by atoms with Crippen molar-refractivity contribution in [3.05, 3.63) is 12.2 Å². The van der Waals surface area contributed by atoms with E-state index in [1.54, 1.807) is 0 Å². The van der Waals surface area contributed by atoms with E-state index in [1.807, 2.05) is 0 Å². The van der Waals surface area contributed by atoms with Gasteiger partial charge in [0.15, 0.2) is 0 Å². The Labute approximate surface area is 103 Å². The third-order valence-corrected chi connectivity index (χ3v) is 3.04. The van der Waals surface area contributed by atoms with Crippen molar-refractivity contribution in [2.75, 3.05) is 6.54 Å². The summed E-state index contributed by atoms with van der Waals surface area (Å²) in [7, 11) is 0. The molecule has 96 valence electrons. The molecule has 0 aromatic heterocycles. The summed E-state index contributed by atoms with van der Waals surface area (Å²) in [5, 5.41) is 3.43. The summed E-state index contributed by atoms with van der Waals surface area (Å²) in [6.45, 7) is 10.1. The number of hydrogen-bond donors (Lipinski definition) is 1. The fraction of sp³-hybridized carbons (Fsp3) is 0.867. The molecule has 0 saturated carbocycles. The van der Waals surface area contributed by atoms with Crippen molar-refractivity contribution in [1.29, 1.82) is 0 Å². The SMILES string of the molecule is CCCCC(CC)CC=CCCNC(C)C. The Morgan fingerprint density at radius 1 is 1.12 bits per heavy atom. The van der Waals surface area contributed by atoms with Gasteiger partial charge in [-0.3, -0.25) is 0 Å². The molecule has 0 bridgehead atoms. The molecule has 1 N–H and O–H groups in total. The van der Waals surface area contributed by atoms with Crippen molar-refractivity contribution in [3.63, 3.8) is 0 Å². The lowest BCUT2D eigenvalue weighted by Gasteiger charge is -2.11. The molecule has 0 heterocycles. The zero-order valence-electron chi connectivity index (χ0n) is 11.8. The van der Waals surface area contributed by atoms with Gasteiger partial charge in [-0.1, -0.05) is 65.5 Å². The molecule has 0 amide bonds. The van der Waals surface area contributed by atoms with E-state index in [0.717, 1.165) is 12.5 Å². The van der Waals surface area contributed by atoms with Crippen LogP contribution in [0.4, 0.5) is 0 Å². The second-order valence-electron chi connectivity index (χ2n) is 5.02. The summed E-state index contributed by atoms with van der Waals surface area (Å²) >= 11 is 0. The van der Waals surface area contributed by atoms with Crippen molar-refractivity contribution >= 4 is 0 Å². The molecule has 0 fully saturated rings. The molecule has 0 aliphatic heterocycles. The first kappa shape index (κ1) is 15.7. The van der Waals surface area contributed by atoms with Gasteiger partial charge < -0.3 is 5.32 Å². The maximum absolute atomic E-state index is 3.43. The average Bonchev–Trinajstić information content (AvgIpc) is 2.26. The number of hydrogen-bond acceptors (Lipinski definition) is 1. The molecule has 0 aliphatic carbocycles. The lowest BCUT2D eigenvalue weighted by molar-refractivity contribution is 0.456. The van der Waals surface area contributed by atoms with E-state index < -0.39 is 0 Å². The van der Waals surface area contributed by atoms with Crippen LogP contribution in [-0.2, 0) is 0 Å². The predicted molar refractivity (Wildman–Crippen MR) is 74.8 cm³/mol. The minimum atomic E-state index is 0.612. The Kier molecular flexibility index (Phi) is 11.0. The second-order valence-corrected chi connectivity index (χ2v) is 5.02. The van der Waals surface area contributed by atoms with Gasteiger partial charge in [0, 0.05) is 6.04 Å². The summed E-state index contributed by atoms with van der Waals surface area (Å²) in [6.07, 6.45) is 12.6. The topological polar surface area (TPSA) is 12.0 Å². The molecule has 0 radical (unpaired) electrons. The summed E-state index contributed by atoms with van der Waals surface area (Å²) in [5.74, 6) is 0.911. The van der Waals surface area contributed by atoms with Crippen LogP contribution >= 0.6 is 0 Å². The lowest BCUT2D eigenvalue weighted by atomic mass is 9.95. The standard InChI is InChI=1S/C15H31N/c1-5-7-11-15(6-2)12-9-8-10-13-16-14(3)4/h8-9,14-16H,5-7,10-13H2,1-4H3. The van der Waals surface area contributed by atoms with Gasteiger partial charge in [0.2, 0.25) is 0 Å². The van der Waals surface area contributed by atoms with Crippen LogP contribution < -0.4 is 5.32 Å². The minimum Gasteiger partial charge on any atom is -0.314 e. The van der Waals surface area contributed by atoms with Crippen LogP contribution in [0.5, 0.6) is 0 Å². The Hall–Kier alpha value is -0.300. The largest absolute Gasteiger partial charge is 0.314 e. The van der Waals surface area contributed by atoms with E-state index >= 15 is 0 Å². The van der Waals surface area contributed by atoms with E-state index in [9.17, 15) is 0 Å². The van der Waals surface area contributed by atoms with E-state index in [2.05, 4.69) is 45.2 Å². The first-order valence-electron chi connectivity index (χ1n) is 7.09. The molecule has 0 rings (SSSR count). The minimum absolute atomic E-state index is 0.612. The smallest absolute Gasteiger partial charge is 0.00105 e. The first-order valence-corrected chi connectivity index (χ1v) is 7.09. The third kappa shape index (κ3) is 10.2. The highest BCUT2D eigenvalue weighted by Gasteiger charge is 2.02. The van der Waals surface area contributed by atoms with E-state index in [4.69, 9.17) is 0 Å². The summed E-state index contributed by atoms with van der Waals surface area (Å²) < 4.78 is 0. The van der Waals surface area contributed by atoms with Gasteiger partial charge in [0.1, 0.15) is 0 Å². The molecule has 0 saturated heterocycles. The van der Waals surface area contributed by atoms with Crippen molar-refractivity contribution in [2.45, 2.75) is 72.3 Å². The monoisotopic (exact) mass is 225 g/mol. The third-order valence-electron chi connectivity index (χ3n) is 3.04. The molecular formula is C15H31N. The predicted octanol–water partition coefficient (Wildman–Crippen LogP) is 4.54. The van der Waals surface area contributed by atoms with Crippen molar-refractivity contribution in [3.8, 4) is 0 Å². The molecule has 16 heavy (non-hydrogen) atoms. The van der Waals surface area contributed by atoms with E-state index in [1.165, 1.54) is 38.5 Å². The van der Waals surface area contributed by atoms with Gasteiger partial charge in [-0.15, -0.1) is 0 Å². The molecule has 0 aromatic carbocycles. The van der Waals surface area contributed by atoms with Gasteiger partial charge in [-0.05, 0) is 25.3 Å². The summed E-state index contributed by atoms with van der Waals surface area (Å²) in [4.78, 5) is 0. The first-order chi connectivity index (χ1) is 7.70. The molecule has 1 atom stereocenters. The van der Waals surface area contributed by atoms with E-state index in [0.29, 0.717) is 6.04 Å².